The first-order valence-electron chi connectivity index (χ1n) is 5.05. The summed E-state index contributed by atoms with van der Waals surface area (Å²) in [6.07, 6.45) is 4.61. The highest BCUT2D eigenvalue weighted by atomic mass is 79.9. The predicted octanol–water partition coefficient (Wildman–Crippen LogP) is 3.36. The number of hydrogen-bond donors (Lipinski definition) is 1. The van der Waals surface area contributed by atoms with Crippen molar-refractivity contribution < 1.29 is 0 Å². The number of rotatable bonds is 3. The molecule has 1 aromatic heterocycles. The summed E-state index contributed by atoms with van der Waals surface area (Å²) in [5.74, 6) is 1.82. The minimum absolute atomic E-state index is 0.543. The molecule has 1 N–H and O–H groups in total. The molecule has 1 unspecified atom stereocenters. The molecule has 0 aromatic carbocycles. The van der Waals surface area contributed by atoms with Gasteiger partial charge in [-0.3, -0.25) is 0 Å². The molecule has 2 rings (SSSR count). The summed E-state index contributed by atoms with van der Waals surface area (Å²) in [6.45, 7) is 4.28. The molecular formula is C11H15BrN2. The van der Waals surface area contributed by atoms with Crippen LogP contribution in [0.25, 0.3) is 0 Å². The minimum Gasteiger partial charge on any atom is -0.366 e. The van der Waals surface area contributed by atoms with Crippen LogP contribution in [0.5, 0.6) is 0 Å². The quantitative estimate of drug-likeness (QED) is 0.895. The standard InChI is InChI=1S/C11H15BrN2/c1-7-5-10(12)11(13-6-7)14-8(2)9-3-4-9/h5-6,8-9H,3-4H2,1-2H3,(H,13,14). The van der Waals surface area contributed by atoms with Crippen LogP contribution in [0.1, 0.15) is 25.3 Å². The van der Waals surface area contributed by atoms with Gasteiger partial charge in [0, 0.05) is 12.2 Å². The van der Waals surface area contributed by atoms with Gasteiger partial charge in [-0.15, -0.1) is 0 Å². The van der Waals surface area contributed by atoms with Gasteiger partial charge in [0.25, 0.3) is 0 Å². The molecule has 0 saturated heterocycles. The van der Waals surface area contributed by atoms with E-state index in [2.05, 4.69) is 39.2 Å². The topological polar surface area (TPSA) is 24.9 Å². The van der Waals surface area contributed by atoms with Gasteiger partial charge in [-0.05, 0) is 60.2 Å². The summed E-state index contributed by atoms with van der Waals surface area (Å²) >= 11 is 3.52. The summed E-state index contributed by atoms with van der Waals surface area (Å²) in [4.78, 5) is 4.37. The van der Waals surface area contributed by atoms with E-state index in [0.29, 0.717) is 6.04 Å². The average molecular weight is 255 g/mol. The van der Waals surface area contributed by atoms with Gasteiger partial charge in [0.05, 0.1) is 4.47 Å². The van der Waals surface area contributed by atoms with Crippen molar-refractivity contribution in [2.24, 2.45) is 5.92 Å². The van der Waals surface area contributed by atoms with Gasteiger partial charge in [0.1, 0.15) is 5.82 Å². The average Bonchev–Trinajstić information content (AvgIpc) is 2.92. The second-order valence-corrected chi connectivity index (χ2v) is 4.97. The maximum absolute atomic E-state index is 4.37. The van der Waals surface area contributed by atoms with Gasteiger partial charge in [0.2, 0.25) is 0 Å². The van der Waals surface area contributed by atoms with Crippen molar-refractivity contribution >= 4 is 21.7 Å². The molecule has 1 aromatic rings. The van der Waals surface area contributed by atoms with Gasteiger partial charge in [0.15, 0.2) is 0 Å². The zero-order valence-corrected chi connectivity index (χ0v) is 10.1. The van der Waals surface area contributed by atoms with E-state index < -0.39 is 0 Å². The van der Waals surface area contributed by atoms with Crippen LogP contribution in [0, 0.1) is 12.8 Å². The summed E-state index contributed by atoms with van der Waals surface area (Å²) in [7, 11) is 0. The molecule has 1 atom stereocenters. The molecule has 1 aliphatic rings. The second-order valence-electron chi connectivity index (χ2n) is 4.11. The highest BCUT2D eigenvalue weighted by Gasteiger charge is 2.28. The molecule has 1 aliphatic carbocycles. The SMILES string of the molecule is Cc1cnc(NC(C)C2CC2)c(Br)c1. The van der Waals surface area contributed by atoms with Crippen molar-refractivity contribution in [3.8, 4) is 0 Å². The first-order chi connectivity index (χ1) is 6.66. The lowest BCUT2D eigenvalue weighted by atomic mass is 10.2. The van der Waals surface area contributed by atoms with Crippen molar-refractivity contribution in [1.82, 2.24) is 4.98 Å². The van der Waals surface area contributed by atoms with Crippen molar-refractivity contribution in [3.05, 3.63) is 22.3 Å². The molecule has 1 saturated carbocycles. The lowest BCUT2D eigenvalue weighted by molar-refractivity contribution is 0.690. The molecule has 76 valence electrons. The van der Waals surface area contributed by atoms with E-state index in [-0.39, 0.29) is 0 Å². The Kier molecular flexibility index (Phi) is 2.77. The summed E-state index contributed by atoms with van der Waals surface area (Å²) in [5, 5.41) is 3.44. The van der Waals surface area contributed by atoms with Crippen LogP contribution in [0.3, 0.4) is 0 Å². The number of hydrogen-bond acceptors (Lipinski definition) is 2. The Morgan fingerprint density at radius 3 is 2.86 bits per heavy atom. The Balaban J connectivity index is 2.07. The molecule has 0 radical (unpaired) electrons. The summed E-state index contributed by atoms with van der Waals surface area (Å²) in [5.41, 5.74) is 1.18. The first-order valence-corrected chi connectivity index (χ1v) is 5.85. The monoisotopic (exact) mass is 254 g/mol. The highest BCUT2D eigenvalue weighted by Crippen LogP contribution is 2.34. The molecule has 0 spiro atoms. The molecule has 14 heavy (non-hydrogen) atoms. The Morgan fingerprint density at radius 2 is 2.29 bits per heavy atom. The van der Waals surface area contributed by atoms with Gasteiger partial charge < -0.3 is 5.32 Å². The third-order valence-corrected chi connectivity index (χ3v) is 3.28. The van der Waals surface area contributed by atoms with Crippen LogP contribution in [0.2, 0.25) is 0 Å². The number of nitrogens with one attached hydrogen (secondary N) is 1. The maximum atomic E-state index is 4.37. The molecule has 0 aliphatic heterocycles. The normalized spacial score (nSPS) is 17.9. The van der Waals surface area contributed by atoms with Crippen LogP contribution in [0.15, 0.2) is 16.7 Å². The molecule has 0 amide bonds. The minimum atomic E-state index is 0.543. The van der Waals surface area contributed by atoms with Crippen molar-refractivity contribution in [1.29, 1.82) is 0 Å². The van der Waals surface area contributed by atoms with Crippen molar-refractivity contribution in [2.75, 3.05) is 5.32 Å². The van der Waals surface area contributed by atoms with Gasteiger partial charge >= 0.3 is 0 Å². The van der Waals surface area contributed by atoms with Gasteiger partial charge in [-0.25, -0.2) is 4.98 Å². The molecular weight excluding hydrogens is 240 g/mol. The van der Waals surface area contributed by atoms with E-state index >= 15 is 0 Å². The number of halogens is 1. The fraction of sp³-hybridized carbons (Fsp3) is 0.545. The van der Waals surface area contributed by atoms with Crippen molar-refractivity contribution in [3.63, 3.8) is 0 Å². The number of nitrogens with zero attached hydrogens (tertiary/aromatic N) is 1. The third-order valence-electron chi connectivity index (χ3n) is 2.67. The van der Waals surface area contributed by atoms with E-state index in [4.69, 9.17) is 0 Å². The lowest BCUT2D eigenvalue weighted by Crippen LogP contribution is -2.18. The Labute approximate surface area is 93.3 Å². The summed E-state index contributed by atoms with van der Waals surface area (Å²) < 4.78 is 1.06. The predicted molar refractivity (Wildman–Crippen MR) is 62.5 cm³/mol. The van der Waals surface area contributed by atoms with Crippen LogP contribution >= 0.6 is 15.9 Å². The molecule has 1 fully saturated rings. The zero-order valence-electron chi connectivity index (χ0n) is 8.55. The number of aromatic nitrogens is 1. The number of aryl methyl sites for hydroxylation is 1. The second kappa shape index (κ2) is 3.89. The maximum Gasteiger partial charge on any atom is 0.140 e. The van der Waals surface area contributed by atoms with Gasteiger partial charge in [-0.2, -0.15) is 0 Å². The molecule has 0 bridgehead atoms. The van der Waals surface area contributed by atoms with Crippen LogP contribution in [0.4, 0.5) is 5.82 Å². The van der Waals surface area contributed by atoms with Crippen LogP contribution < -0.4 is 5.32 Å². The number of anilines is 1. The Hall–Kier alpha value is -0.570. The zero-order chi connectivity index (χ0) is 10.1. The number of pyridine rings is 1. The lowest BCUT2D eigenvalue weighted by Gasteiger charge is -2.14. The van der Waals surface area contributed by atoms with Crippen LogP contribution in [-0.2, 0) is 0 Å². The summed E-state index contributed by atoms with van der Waals surface area (Å²) in [6, 6.07) is 2.64. The van der Waals surface area contributed by atoms with E-state index in [1.165, 1.54) is 18.4 Å². The largest absolute Gasteiger partial charge is 0.366 e. The van der Waals surface area contributed by atoms with Crippen molar-refractivity contribution in [2.45, 2.75) is 32.7 Å². The Morgan fingerprint density at radius 1 is 1.57 bits per heavy atom. The third kappa shape index (κ3) is 2.27. The van der Waals surface area contributed by atoms with Crippen LogP contribution in [-0.4, -0.2) is 11.0 Å². The first kappa shape index (κ1) is 9.97. The van der Waals surface area contributed by atoms with Gasteiger partial charge in [-0.1, -0.05) is 0 Å². The fourth-order valence-corrected chi connectivity index (χ4v) is 2.15. The fourth-order valence-electron chi connectivity index (χ4n) is 1.57. The Bertz CT molecular complexity index is 334. The molecule has 2 nitrogen and oxygen atoms in total. The smallest absolute Gasteiger partial charge is 0.140 e. The molecule has 1 heterocycles. The molecule has 3 heteroatoms. The van der Waals surface area contributed by atoms with E-state index in [1.807, 2.05) is 13.1 Å². The van der Waals surface area contributed by atoms with E-state index in [9.17, 15) is 0 Å². The highest BCUT2D eigenvalue weighted by molar-refractivity contribution is 9.10. The van der Waals surface area contributed by atoms with E-state index in [1.54, 1.807) is 0 Å². The van der Waals surface area contributed by atoms with E-state index in [0.717, 1.165) is 16.2 Å².